The van der Waals surface area contributed by atoms with Crippen LogP contribution < -0.4 is 4.90 Å². The molecule has 2 aromatic heterocycles. The van der Waals surface area contributed by atoms with Gasteiger partial charge in [-0.05, 0) is 37.0 Å². The van der Waals surface area contributed by atoms with Gasteiger partial charge in [-0.15, -0.1) is 0 Å². The van der Waals surface area contributed by atoms with E-state index in [0.717, 1.165) is 30.3 Å². The van der Waals surface area contributed by atoms with Gasteiger partial charge < -0.3 is 4.90 Å². The van der Waals surface area contributed by atoms with Crippen molar-refractivity contribution in [3.8, 4) is 0 Å². The summed E-state index contributed by atoms with van der Waals surface area (Å²) < 4.78 is 0. The molecule has 0 aliphatic rings. The van der Waals surface area contributed by atoms with Crippen molar-refractivity contribution in [1.82, 2.24) is 15.0 Å². The molecule has 106 valence electrons. The van der Waals surface area contributed by atoms with E-state index in [9.17, 15) is 0 Å². The van der Waals surface area contributed by atoms with Gasteiger partial charge in [-0.1, -0.05) is 13.8 Å². The molecule has 0 saturated carbocycles. The van der Waals surface area contributed by atoms with Crippen LogP contribution in [0, 0.1) is 6.92 Å². The summed E-state index contributed by atoms with van der Waals surface area (Å²) in [7, 11) is 2.08. The normalized spacial score (nSPS) is 10.8. The SMILES string of the molecule is Cc1nc(C(C)C)cc(N(C)CCc2ccncc2)n1. The lowest BCUT2D eigenvalue weighted by molar-refractivity contribution is 0.785. The van der Waals surface area contributed by atoms with E-state index < -0.39 is 0 Å². The summed E-state index contributed by atoms with van der Waals surface area (Å²) in [5.41, 5.74) is 2.39. The molecule has 0 N–H and O–H groups in total. The Hall–Kier alpha value is -1.97. The largest absolute Gasteiger partial charge is 0.359 e. The first-order chi connectivity index (χ1) is 9.56. The number of pyridine rings is 1. The van der Waals surface area contributed by atoms with Crippen molar-refractivity contribution in [3.05, 3.63) is 47.7 Å². The van der Waals surface area contributed by atoms with E-state index in [1.807, 2.05) is 19.3 Å². The van der Waals surface area contributed by atoms with Gasteiger partial charge in [0, 0.05) is 37.7 Å². The molecule has 20 heavy (non-hydrogen) atoms. The summed E-state index contributed by atoms with van der Waals surface area (Å²) in [5.74, 6) is 2.25. The van der Waals surface area contributed by atoms with E-state index in [0.29, 0.717) is 5.92 Å². The zero-order valence-electron chi connectivity index (χ0n) is 12.7. The van der Waals surface area contributed by atoms with Gasteiger partial charge in [-0.2, -0.15) is 0 Å². The minimum Gasteiger partial charge on any atom is -0.359 e. The third-order valence-electron chi connectivity index (χ3n) is 3.31. The number of hydrogen-bond acceptors (Lipinski definition) is 4. The van der Waals surface area contributed by atoms with Crippen LogP contribution in [0.25, 0.3) is 0 Å². The lowest BCUT2D eigenvalue weighted by atomic mass is 10.1. The minimum atomic E-state index is 0.420. The number of nitrogens with zero attached hydrogens (tertiary/aromatic N) is 4. The molecule has 4 heteroatoms. The molecule has 2 heterocycles. The molecular weight excluding hydrogens is 248 g/mol. The summed E-state index contributed by atoms with van der Waals surface area (Å²) in [5, 5.41) is 0. The van der Waals surface area contributed by atoms with E-state index in [1.165, 1.54) is 5.56 Å². The second kappa shape index (κ2) is 6.46. The van der Waals surface area contributed by atoms with E-state index in [1.54, 1.807) is 0 Å². The second-order valence-corrected chi connectivity index (χ2v) is 5.38. The van der Waals surface area contributed by atoms with E-state index in [-0.39, 0.29) is 0 Å². The molecule has 2 aromatic rings. The van der Waals surface area contributed by atoms with Crippen LogP contribution in [0.15, 0.2) is 30.6 Å². The molecule has 0 fully saturated rings. The highest BCUT2D eigenvalue weighted by Crippen LogP contribution is 2.18. The van der Waals surface area contributed by atoms with Crippen LogP contribution in [-0.4, -0.2) is 28.5 Å². The number of hydrogen-bond donors (Lipinski definition) is 0. The third kappa shape index (κ3) is 3.76. The molecule has 0 unspecified atom stereocenters. The molecular formula is C16H22N4. The number of anilines is 1. The van der Waals surface area contributed by atoms with Crippen molar-refractivity contribution in [2.45, 2.75) is 33.1 Å². The minimum absolute atomic E-state index is 0.420. The Morgan fingerprint density at radius 1 is 1.15 bits per heavy atom. The smallest absolute Gasteiger partial charge is 0.132 e. The van der Waals surface area contributed by atoms with Gasteiger partial charge in [0.2, 0.25) is 0 Å². The quantitative estimate of drug-likeness (QED) is 0.837. The van der Waals surface area contributed by atoms with Crippen molar-refractivity contribution < 1.29 is 0 Å². The topological polar surface area (TPSA) is 41.9 Å². The predicted molar refractivity (Wildman–Crippen MR) is 82.1 cm³/mol. The summed E-state index contributed by atoms with van der Waals surface area (Å²) in [6, 6.07) is 6.20. The zero-order chi connectivity index (χ0) is 14.5. The molecule has 0 amide bonds. The standard InChI is InChI=1S/C16H22N4/c1-12(2)15-11-16(19-13(3)18-15)20(4)10-7-14-5-8-17-9-6-14/h5-6,8-9,11-12H,7,10H2,1-4H3. The Bertz CT molecular complexity index is 552. The van der Waals surface area contributed by atoms with Crippen molar-refractivity contribution in [1.29, 1.82) is 0 Å². The highest BCUT2D eigenvalue weighted by atomic mass is 15.2. The Kier molecular flexibility index (Phi) is 4.66. The number of likely N-dealkylation sites (N-methyl/N-ethyl adjacent to an activating group) is 1. The average molecular weight is 270 g/mol. The highest BCUT2D eigenvalue weighted by molar-refractivity contribution is 5.39. The van der Waals surface area contributed by atoms with Crippen LogP contribution in [0.3, 0.4) is 0 Å². The van der Waals surface area contributed by atoms with Crippen LogP contribution in [0.1, 0.15) is 36.8 Å². The first kappa shape index (κ1) is 14.4. The van der Waals surface area contributed by atoms with Crippen molar-refractivity contribution >= 4 is 5.82 Å². The van der Waals surface area contributed by atoms with Crippen molar-refractivity contribution in [2.75, 3.05) is 18.5 Å². The maximum Gasteiger partial charge on any atom is 0.132 e. The fourth-order valence-corrected chi connectivity index (χ4v) is 2.03. The molecule has 4 nitrogen and oxygen atoms in total. The number of aromatic nitrogens is 3. The fraction of sp³-hybridized carbons (Fsp3) is 0.438. The van der Waals surface area contributed by atoms with Gasteiger partial charge in [0.25, 0.3) is 0 Å². The first-order valence-corrected chi connectivity index (χ1v) is 7.02. The molecule has 0 atom stereocenters. The molecule has 0 bridgehead atoms. The molecule has 0 aromatic carbocycles. The first-order valence-electron chi connectivity index (χ1n) is 7.02. The zero-order valence-corrected chi connectivity index (χ0v) is 12.7. The van der Waals surface area contributed by atoms with Gasteiger partial charge in [0.05, 0.1) is 0 Å². The summed E-state index contributed by atoms with van der Waals surface area (Å²) >= 11 is 0. The maximum atomic E-state index is 4.53. The highest BCUT2D eigenvalue weighted by Gasteiger charge is 2.09. The van der Waals surface area contributed by atoms with Gasteiger partial charge in [0.15, 0.2) is 0 Å². The molecule has 0 spiro atoms. The Morgan fingerprint density at radius 3 is 2.50 bits per heavy atom. The number of aryl methyl sites for hydroxylation is 1. The number of rotatable bonds is 5. The molecule has 2 rings (SSSR count). The average Bonchev–Trinajstić information content (AvgIpc) is 2.45. The predicted octanol–water partition coefficient (Wildman–Crippen LogP) is 2.98. The van der Waals surface area contributed by atoms with Crippen LogP contribution in [0.2, 0.25) is 0 Å². The van der Waals surface area contributed by atoms with Gasteiger partial charge in [0.1, 0.15) is 11.6 Å². The van der Waals surface area contributed by atoms with E-state index in [2.05, 4.69) is 58.9 Å². The van der Waals surface area contributed by atoms with Crippen LogP contribution in [-0.2, 0) is 6.42 Å². The fourth-order valence-electron chi connectivity index (χ4n) is 2.03. The lowest BCUT2D eigenvalue weighted by Crippen LogP contribution is -2.22. The Balaban J connectivity index is 2.07. The monoisotopic (exact) mass is 270 g/mol. The van der Waals surface area contributed by atoms with Crippen LogP contribution >= 0.6 is 0 Å². The second-order valence-electron chi connectivity index (χ2n) is 5.38. The van der Waals surface area contributed by atoms with Gasteiger partial charge in [-0.3, -0.25) is 4.98 Å². The Morgan fingerprint density at radius 2 is 1.85 bits per heavy atom. The van der Waals surface area contributed by atoms with E-state index in [4.69, 9.17) is 0 Å². The van der Waals surface area contributed by atoms with Gasteiger partial charge in [-0.25, -0.2) is 9.97 Å². The maximum absolute atomic E-state index is 4.53. The van der Waals surface area contributed by atoms with Gasteiger partial charge >= 0.3 is 0 Å². The van der Waals surface area contributed by atoms with E-state index >= 15 is 0 Å². The summed E-state index contributed by atoms with van der Waals surface area (Å²) in [6.45, 7) is 7.19. The molecule has 0 aliphatic carbocycles. The Labute approximate surface area is 120 Å². The molecule has 0 aliphatic heterocycles. The van der Waals surface area contributed by atoms with Crippen molar-refractivity contribution in [2.24, 2.45) is 0 Å². The lowest BCUT2D eigenvalue weighted by Gasteiger charge is -2.19. The van der Waals surface area contributed by atoms with Crippen LogP contribution in [0.4, 0.5) is 5.82 Å². The third-order valence-corrected chi connectivity index (χ3v) is 3.31. The summed E-state index contributed by atoms with van der Waals surface area (Å²) in [6.07, 6.45) is 4.65. The molecule has 0 saturated heterocycles. The van der Waals surface area contributed by atoms with Crippen LogP contribution in [0.5, 0.6) is 0 Å². The van der Waals surface area contributed by atoms with Crippen molar-refractivity contribution in [3.63, 3.8) is 0 Å². The molecule has 0 radical (unpaired) electrons. The summed E-state index contributed by atoms with van der Waals surface area (Å²) in [4.78, 5) is 15.2.